The Hall–Kier alpha value is -3.10. The molecule has 166 valence electrons. The average molecular weight is 451 g/mol. The Morgan fingerprint density at radius 1 is 1.16 bits per heavy atom. The van der Waals surface area contributed by atoms with Crippen LogP contribution in [0.2, 0.25) is 0 Å². The van der Waals surface area contributed by atoms with Crippen LogP contribution in [0.1, 0.15) is 13.3 Å². The lowest BCUT2D eigenvalue weighted by Gasteiger charge is -2.21. The third-order valence-corrected chi connectivity index (χ3v) is 8.29. The van der Waals surface area contributed by atoms with E-state index in [2.05, 4.69) is 45.2 Å². The van der Waals surface area contributed by atoms with E-state index in [0.29, 0.717) is 12.3 Å². The quantitative estimate of drug-likeness (QED) is 0.479. The number of H-pyrrole nitrogens is 1. The molecular weight excluding hydrogens is 424 g/mol. The molecule has 2 atom stereocenters. The maximum Gasteiger partial charge on any atom is 0.243 e. The van der Waals surface area contributed by atoms with Crippen LogP contribution in [0.4, 0.5) is 0 Å². The van der Waals surface area contributed by atoms with Gasteiger partial charge in [0.25, 0.3) is 0 Å². The zero-order valence-electron chi connectivity index (χ0n) is 18.1. The molecule has 1 aliphatic rings. The average Bonchev–Trinajstić information content (AvgIpc) is 3.54. The van der Waals surface area contributed by atoms with Crippen LogP contribution < -0.4 is 4.74 Å². The number of aromatic amines is 1. The summed E-state index contributed by atoms with van der Waals surface area (Å²) in [6.07, 6.45) is 6.62. The molecule has 1 saturated heterocycles. The van der Waals surface area contributed by atoms with E-state index in [0.717, 1.165) is 35.0 Å². The number of nitrogens with one attached hydrogen (secondary N) is 1. The number of nitrogens with zero attached hydrogens (tertiary/aromatic N) is 3. The number of ether oxygens (including phenoxy) is 1. The third-order valence-electron chi connectivity index (χ3n) is 6.31. The number of methoxy groups -OCH3 is 1. The van der Waals surface area contributed by atoms with Gasteiger partial charge in [-0.2, -0.15) is 9.40 Å². The number of aromatic nitrogens is 3. The van der Waals surface area contributed by atoms with E-state index in [1.807, 2.05) is 19.3 Å². The molecular formula is C24H26N4O3S. The lowest BCUT2D eigenvalue weighted by atomic mass is 10.1. The van der Waals surface area contributed by atoms with Crippen LogP contribution in [-0.2, 0) is 16.6 Å². The van der Waals surface area contributed by atoms with E-state index >= 15 is 0 Å². The summed E-state index contributed by atoms with van der Waals surface area (Å²) in [6, 6.07) is 15.1. The summed E-state index contributed by atoms with van der Waals surface area (Å²) < 4.78 is 35.6. The second-order valence-electron chi connectivity index (χ2n) is 8.43. The van der Waals surface area contributed by atoms with Gasteiger partial charge in [-0.15, -0.1) is 0 Å². The fraction of sp³-hybridized carbons (Fsp3) is 0.292. The highest BCUT2D eigenvalue weighted by molar-refractivity contribution is 7.89. The van der Waals surface area contributed by atoms with Gasteiger partial charge < -0.3 is 9.30 Å². The molecule has 0 spiro atoms. The molecule has 4 aromatic rings. The summed E-state index contributed by atoms with van der Waals surface area (Å²) in [4.78, 5) is 0.280. The van der Waals surface area contributed by atoms with Crippen molar-refractivity contribution < 1.29 is 13.2 Å². The van der Waals surface area contributed by atoms with Crippen molar-refractivity contribution in [1.29, 1.82) is 0 Å². The van der Waals surface area contributed by atoms with Crippen molar-refractivity contribution in [2.24, 2.45) is 5.92 Å². The van der Waals surface area contributed by atoms with E-state index in [9.17, 15) is 8.42 Å². The zero-order valence-corrected chi connectivity index (χ0v) is 18.9. The molecule has 0 bridgehead atoms. The number of rotatable bonds is 6. The Bertz CT molecular complexity index is 1340. The third kappa shape index (κ3) is 3.69. The first-order chi connectivity index (χ1) is 15.5. The Balaban J connectivity index is 1.35. The molecule has 32 heavy (non-hydrogen) atoms. The molecule has 8 heteroatoms. The van der Waals surface area contributed by atoms with Crippen LogP contribution in [0, 0.1) is 5.92 Å². The molecule has 1 fully saturated rings. The van der Waals surface area contributed by atoms with Crippen molar-refractivity contribution in [1.82, 2.24) is 19.1 Å². The van der Waals surface area contributed by atoms with E-state index in [4.69, 9.17) is 4.74 Å². The first-order valence-electron chi connectivity index (χ1n) is 10.7. The van der Waals surface area contributed by atoms with Gasteiger partial charge in [0.2, 0.25) is 10.0 Å². The molecule has 3 heterocycles. The minimum absolute atomic E-state index is 0.0503. The Kier molecular flexibility index (Phi) is 5.27. The standard InChI is InChI=1S/C24H26N4O3S/c1-17-10-18(16-28(17)32(29,30)23-5-3-4-22(12-23)31-2)15-27-9-8-20-11-19(6-7-24(20)27)21-13-25-26-14-21/h3-9,11-14,17-18H,10,15-16H2,1-2H3,(H,25,26)/t17-,18-/m0/s1. The zero-order chi connectivity index (χ0) is 22.3. The molecule has 0 amide bonds. The fourth-order valence-corrected chi connectivity index (χ4v) is 6.45. The summed E-state index contributed by atoms with van der Waals surface area (Å²) in [7, 11) is -2.03. The molecule has 1 aliphatic heterocycles. The molecule has 2 aromatic carbocycles. The highest BCUT2D eigenvalue weighted by atomic mass is 32.2. The normalized spacial score (nSPS) is 19.6. The van der Waals surface area contributed by atoms with Crippen molar-refractivity contribution in [3.8, 4) is 16.9 Å². The van der Waals surface area contributed by atoms with Crippen molar-refractivity contribution in [3.63, 3.8) is 0 Å². The van der Waals surface area contributed by atoms with Gasteiger partial charge in [-0.05, 0) is 55.2 Å². The Morgan fingerprint density at radius 2 is 2.03 bits per heavy atom. The molecule has 2 aromatic heterocycles. The lowest BCUT2D eigenvalue weighted by molar-refractivity contribution is 0.397. The minimum Gasteiger partial charge on any atom is -0.497 e. The van der Waals surface area contributed by atoms with Gasteiger partial charge >= 0.3 is 0 Å². The van der Waals surface area contributed by atoms with E-state index < -0.39 is 10.0 Å². The van der Waals surface area contributed by atoms with Crippen molar-refractivity contribution in [2.75, 3.05) is 13.7 Å². The van der Waals surface area contributed by atoms with Gasteiger partial charge in [-0.1, -0.05) is 12.1 Å². The van der Waals surface area contributed by atoms with E-state index in [-0.39, 0.29) is 16.9 Å². The van der Waals surface area contributed by atoms with Crippen LogP contribution in [0.3, 0.4) is 0 Å². The minimum atomic E-state index is -3.57. The van der Waals surface area contributed by atoms with Gasteiger partial charge in [-0.25, -0.2) is 8.42 Å². The predicted octanol–water partition coefficient (Wildman–Crippen LogP) is 4.14. The van der Waals surface area contributed by atoms with Crippen LogP contribution in [-0.4, -0.2) is 47.2 Å². The molecule has 0 unspecified atom stereocenters. The summed E-state index contributed by atoms with van der Waals surface area (Å²) >= 11 is 0. The highest BCUT2D eigenvalue weighted by Crippen LogP contribution is 2.32. The van der Waals surface area contributed by atoms with Gasteiger partial charge in [0.15, 0.2) is 0 Å². The van der Waals surface area contributed by atoms with Gasteiger partial charge in [0.1, 0.15) is 5.75 Å². The summed E-state index contributed by atoms with van der Waals surface area (Å²) in [5.74, 6) is 0.789. The number of sulfonamides is 1. The van der Waals surface area contributed by atoms with Crippen LogP contribution in [0.15, 0.2) is 72.0 Å². The van der Waals surface area contributed by atoms with Gasteiger partial charge in [0.05, 0.1) is 18.2 Å². The predicted molar refractivity (Wildman–Crippen MR) is 124 cm³/mol. The molecule has 0 saturated carbocycles. The lowest BCUT2D eigenvalue weighted by Crippen LogP contribution is -2.34. The smallest absolute Gasteiger partial charge is 0.243 e. The van der Waals surface area contributed by atoms with Crippen LogP contribution in [0.25, 0.3) is 22.0 Å². The maximum absolute atomic E-state index is 13.3. The largest absolute Gasteiger partial charge is 0.497 e. The van der Waals surface area contributed by atoms with Gasteiger partial charge in [0, 0.05) is 54.1 Å². The first-order valence-corrected chi connectivity index (χ1v) is 12.1. The fourth-order valence-electron chi connectivity index (χ4n) is 4.70. The SMILES string of the molecule is COc1cccc(S(=O)(=O)N2C[C@H](Cn3ccc4cc(-c5cn[nH]c5)ccc43)C[C@@H]2C)c1. The van der Waals surface area contributed by atoms with Crippen LogP contribution >= 0.6 is 0 Å². The molecule has 5 rings (SSSR count). The number of fused-ring (bicyclic) bond motifs is 1. The van der Waals surface area contributed by atoms with Crippen LogP contribution in [0.5, 0.6) is 5.75 Å². The Morgan fingerprint density at radius 3 is 2.81 bits per heavy atom. The van der Waals surface area contributed by atoms with Crippen molar-refractivity contribution in [3.05, 3.63) is 67.1 Å². The number of hydrogen-bond donors (Lipinski definition) is 1. The number of benzene rings is 2. The second-order valence-corrected chi connectivity index (χ2v) is 10.3. The van der Waals surface area contributed by atoms with E-state index in [1.165, 1.54) is 0 Å². The molecule has 0 aliphatic carbocycles. The summed E-state index contributed by atoms with van der Waals surface area (Å²) in [5, 5.41) is 8.04. The molecule has 1 N–H and O–H groups in total. The summed E-state index contributed by atoms with van der Waals surface area (Å²) in [6.45, 7) is 3.28. The summed E-state index contributed by atoms with van der Waals surface area (Å²) in [5.41, 5.74) is 3.33. The topological polar surface area (TPSA) is 80.2 Å². The highest BCUT2D eigenvalue weighted by Gasteiger charge is 2.38. The molecule has 0 radical (unpaired) electrons. The Labute approximate surface area is 187 Å². The van der Waals surface area contributed by atoms with Crippen molar-refractivity contribution >= 4 is 20.9 Å². The monoisotopic (exact) mass is 450 g/mol. The van der Waals surface area contributed by atoms with E-state index in [1.54, 1.807) is 35.7 Å². The molecule has 7 nitrogen and oxygen atoms in total. The maximum atomic E-state index is 13.3. The van der Waals surface area contributed by atoms with Gasteiger partial charge in [-0.3, -0.25) is 5.10 Å². The first kappa shape index (κ1) is 20.8. The second kappa shape index (κ2) is 8.11. The van der Waals surface area contributed by atoms with Crippen molar-refractivity contribution in [2.45, 2.75) is 30.8 Å². The number of hydrogen-bond acceptors (Lipinski definition) is 4.